The number of ether oxygens (including phenoxy) is 2. The van der Waals surface area contributed by atoms with Gasteiger partial charge in [0.25, 0.3) is 0 Å². The summed E-state index contributed by atoms with van der Waals surface area (Å²) in [6.45, 7) is 1.92. The average Bonchev–Trinajstić information content (AvgIpc) is 3.03. The first-order chi connectivity index (χ1) is 10.6. The minimum Gasteiger partial charge on any atom is -0.463 e. The SMILES string of the molecule is Cc1nn(-c2ccccc2)c(Cl)c1C(=O)O[C@@H]1CCOC1=O. The van der Waals surface area contributed by atoms with Gasteiger partial charge < -0.3 is 9.47 Å². The van der Waals surface area contributed by atoms with Gasteiger partial charge in [0.2, 0.25) is 6.10 Å². The highest BCUT2D eigenvalue weighted by molar-refractivity contribution is 6.33. The molecule has 2 aromatic rings. The molecule has 1 fully saturated rings. The lowest BCUT2D eigenvalue weighted by Crippen LogP contribution is -2.23. The Kier molecular flexibility index (Phi) is 3.85. The molecule has 1 aromatic heterocycles. The molecule has 1 aromatic carbocycles. The van der Waals surface area contributed by atoms with E-state index in [1.54, 1.807) is 6.92 Å². The Morgan fingerprint density at radius 3 is 2.77 bits per heavy atom. The number of benzene rings is 1. The molecule has 1 aliphatic rings. The van der Waals surface area contributed by atoms with E-state index in [0.29, 0.717) is 12.1 Å². The van der Waals surface area contributed by atoms with Gasteiger partial charge in [0, 0.05) is 6.42 Å². The zero-order valence-electron chi connectivity index (χ0n) is 11.8. The second-order valence-corrected chi connectivity index (χ2v) is 5.21. The van der Waals surface area contributed by atoms with Crippen LogP contribution in [0.1, 0.15) is 22.5 Å². The molecule has 0 N–H and O–H groups in total. The molecule has 2 heterocycles. The molecular formula is C15H13ClN2O4. The van der Waals surface area contributed by atoms with E-state index >= 15 is 0 Å². The van der Waals surface area contributed by atoms with E-state index < -0.39 is 18.0 Å². The van der Waals surface area contributed by atoms with E-state index in [0.717, 1.165) is 5.69 Å². The lowest BCUT2D eigenvalue weighted by molar-refractivity contribution is -0.145. The summed E-state index contributed by atoms with van der Waals surface area (Å²) < 4.78 is 11.4. The molecular weight excluding hydrogens is 308 g/mol. The largest absolute Gasteiger partial charge is 0.463 e. The predicted octanol–water partition coefficient (Wildman–Crippen LogP) is 2.31. The Bertz CT molecular complexity index is 727. The molecule has 6 nitrogen and oxygen atoms in total. The summed E-state index contributed by atoms with van der Waals surface area (Å²) in [5, 5.41) is 4.42. The van der Waals surface area contributed by atoms with Crippen molar-refractivity contribution in [2.45, 2.75) is 19.4 Å². The monoisotopic (exact) mass is 320 g/mol. The van der Waals surface area contributed by atoms with Crippen molar-refractivity contribution in [1.82, 2.24) is 9.78 Å². The summed E-state index contributed by atoms with van der Waals surface area (Å²) in [4.78, 5) is 23.6. The molecule has 1 atom stereocenters. The Labute approximate surface area is 131 Å². The number of nitrogens with zero attached hydrogens (tertiary/aromatic N) is 2. The number of aromatic nitrogens is 2. The Morgan fingerprint density at radius 2 is 2.14 bits per heavy atom. The van der Waals surface area contributed by atoms with Gasteiger partial charge in [-0.1, -0.05) is 29.8 Å². The first-order valence-corrected chi connectivity index (χ1v) is 7.14. The van der Waals surface area contributed by atoms with Crippen LogP contribution in [-0.4, -0.2) is 34.4 Å². The topological polar surface area (TPSA) is 70.4 Å². The molecule has 22 heavy (non-hydrogen) atoms. The first-order valence-electron chi connectivity index (χ1n) is 6.76. The standard InChI is InChI=1S/C15H13ClN2O4/c1-9-12(15(20)22-11-7-8-21-14(11)19)13(16)18(17-9)10-5-3-2-4-6-10/h2-6,11H,7-8H2,1H3/t11-/m1/s1. The van der Waals surface area contributed by atoms with Gasteiger partial charge in [0.1, 0.15) is 10.7 Å². The number of cyclic esters (lactones) is 1. The molecule has 0 amide bonds. The molecule has 0 saturated carbocycles. The van der Waals surface area contributed by atoms with Gasteiger partial charge >= 0.3 is 11.9 Å². The molecule has 1 aliphatic heterocycles. The third-order valence-corrected chi connectivity index (χ3v) is 3.69. The minimum atomic E-state index is -0.872. The molecule has 0 aliphatic carbocycles. The van der Waals surface area contributed by atoms with Crippen molar-refractivity contribution < 1.29 is 19.1 Å². The second kappa shape index (κ2) is 5.81. The van der Waals surface area contributed by atoms with Crippen LogP contribution in [0.15, 0.2) is 30.3 Å². The van der Waals surface area contributed by atoms with Gasteiger partial charge in [-0.15, -0.1) is 0 Å². The van der Waals surface area contributed by atoms with Crippen LogP contribution in [-0.2, 0) is 14.3 Å². The van der Waals surface area contributed by atoms with Crippen molar-refractivity contribution in [2.24, 2.45) is 0 Å². The highest BCUT2D eigenvalue weighted by atomic mass is 35.5. The molecule has 0 radical (unpaired) electrons. The molecule has 3 rings (SSSR count). The average molecular weight is 321 g/mol. The number of carbonyl (C=O) groups is 2. The predicted molar refractivity (Wildman–Crippen MR) is 78.1 cm³/mol. The Hall–Kier alpha value is -2.34. The number of carbonyl (C=O) groups excluding carboxylic acids is 2. The van der Waals surface area contributed by atoms with Gasteiger partial charge in [-0.05, 0) is 19.1 Å². The number of hydrogen-bond donors (Lipinski definition) is 0. The van der Waals surface area contributed by atoms with Crippen molar-refractivity contribution in [1.29, 1.82) is 0 Å². The maximum absolute atomic E-state index is 12.3. The van der Waals surface area contributed by atoms with Crippen LogP contribution in [0.2, 0.25) is 5.15 Å². The number of rotatable bonds is 3. The number of esters is 2. The van der Waals surface area contributed by atoms with Crippen molar-refractivity contribution in [3.8, 4) is 5.69 Å². The third kappa shape index (κ3) is 2.57. The highest BCUT2D eigenvalue weighted by Crippen LogP contribution is 2.25. The van der Waals surface area contributed by atoms with Crippen LogP contribution in [0.4, 0.5) is 0 Å². The lowest BCUT2D eigenvalue weighted by atomic mass is 10.2. The van der Waals surface area contributed by atoms with Crippen LogP contribution in [0.25, 0.3) is 5.69 Å². The summed E-state index contributed by atoms with van der Waals surface area (Å²) >= 11 is 6.26. The van der Waals surface area contributed by atoms with Crippen molar-refractivity contribution in [3.63, 3.8) is 0 Å². The molecule has 7 heteroatoms. The number of para-hydroxylation sites is 1. The zero-order chi connectivity index (χ0) is 15.7. The fourth-order valence-corrected chi connectivity index (χ4v) is 2.59. The van der Waals surface area contributed by atoms with Crippen LogP contribution < -0.4 is 0 Å². The Morgan fingerprint density at radius 1 is 1.41 bits per heavy atom. The Balaban J connectivity index is 1.89. The van der Waals surface area contributed by atoms with Crippen LogP contribution >= 0.6 is 11.6 Å². The third-order valence-electron chi connectivity index (χ3n) is 3.35. The summed E-state index contributed by atoms with van der Waals surface area (Å²) in [6.07, 6.45) is -0.517. The van der Waals surface area contributed by atoms with Crippen LogP contribution in [0.5, 0.6) is 0 Å². The van der Waals surface area contributed by atoms with Gasteiger partial charge in [-0.25, -0.2) is 14.3 Å². The molecule has 0 spiro atoms. The fourth-order valence-electron chi connectivity index (χ4n) is 2.24. The van der Waals surface area contributed by atoms with E-state index in [9.17, 15) is 9.59 Å². The summed E-state index contributed by atoms with van der Waals surface area (Å²) in [5.74, 6) is -1.20. The fraction of sp³-hybridized carbons (Fsp3) is 0.267. The maximum atomic E-state index is 12.3. The quantitative estimate of drug-likeness (QED) is 0.812. The number of halogens is 1. The normalized spacial score (nSPS) is 17.4. The number of aryl methyl sites for hydroxylation is 1. The van der Waals surface area contributed by atoms with E-state index in [4.69, 9.17) is 21.1 Å². The van der Waals surface area contributed by atoms with Gasteiger partial charge in [-0.3, -0.25) is 0 Å². The van der Waals surface area contributed by atoms with Gasteiger partial charge in [0.15, 0.2) is 0 Å². The van der Waals surface area contributed by atoms with Gasteiger partial charge in [0.05, 0.1) is 18.0 Å². The van der Waals surface area contributed by atoms with Crippen molar-refractivity contribution in [2.75, 3.05) is 6.61 Å². The smallest absolute Gasteiger partial charge is 0.347 e. The second-order valence-electron chi connectivity index (χ2n) is 4.85. The van der Waals surface area contributed by atoms with Crippen LogP contribution in [0, 0.1) is 6.92 Å². The minimum absolute atomic E-state index is 0.153. The number of hydrogen-bond acceptors (Lipinski definition) is 5. The summed E-state index contributed by atoms with van der Waals surface area (Å²) in [7, 11) is 0. The van der Waals surface area contributed by atoms with E-state index in [-0.39, 0.29) is 17.3 Å². The molecule has 0 bridgehead atoms. The van der Waals surface area contributed by atoms with Crippen molar-refractivity contribution in [3.05, 3.63) is 46.7 Å². The zero-order valence-corrected chi connectivity index (χ0v) is 12.5. The van der Waals surface area contributed by atoms with Crippen LogP contribution in [0.3, 0.4) is 0 Å². The summed E-state index contributed by atoms with van der Waals surface area (Å²) in [6, 6.07) is 9.20. The molecule has 114 valence electrons. The first kappa shape index (κ1) is 14.6. The maximum Gasteiger partial charge on any atom is 0.347 e. The lowest BCUT2D eigenvalue weighted by Gasteiger charge is -2.08. The molecule has 0 unspecified atom stereocenters. The van der Waals surface area contributed by atoms with E-state index in [1.165, 1.54) is 4.68 Å². The van der Waals surface area contributed by atoms with E-state index in [1.807, 2.05) is 30.3 Å². The van der Waals surface area contributed by atoms with E-state index in [2.05, 4.69) is 5.10 Å². The van der Waals surface area contributed by atoms with Gasteiger partial charge in [-0.2, -0.15) is 5.10 Å². The summed E-state index contributed by atoms with van der Waals surface area (Å²) in [5.41, 5.74) is 1.32. The van der Waals surface area contributed by atoms with Crippen molar-refractivity contribution >= 4 is 23.5 Å². The highest BCUT2D eigenvalue weighted by Gasteiger charge is 2.32. The molecule has 1 saturated heterocycles.